The number of thioether (sulfide) groups is 1. The Morgan fingerprint density at radius 1 is 1.44 bits per heavy atom. The SMILES string of the molecule is CC(=O)SCC(O)C(O)c1c(F)ccc(Br)c1F. The van der Waals surface area contributed by atoms with Crippen molar-refractivity contribution in [1.82, 2.24) is 0 Å². The maximum atomic E-state index is 13.6. The van der Waals surface area contributed by atoms with Gasteiger partial charge in [0.1, 0.15) is 17.7 Å². The molecule has 1 aromatic rings. The highest BCUT2D eigenvalue weighted by atomic mass is 79.9. The summed E-state index contributed by atoms with van der Waals surface area (Å²) in [6.07, 6.45) is -3.16. The molecule has 0 spiro atoms. The Balaban J connectivity index is 2.92. The van der Waals surface area contributed by atoms with Crippen LogP contribution in [0.15, 0.2) is 16.6 Å². The Morgan fingerprint density at radius 3 is 2.61 bits per heavy atom. The van der Waals surface area contributed by atoms with E-state index in [2.05, 4.69) is 15.9 Å². The number of aliphatic hydroxyl groups excluding tert-OH is 2. The van der Waals surface area contributed by atoms with Gasteiger partial charge < -0.3 is 10.2 Å². The number of hydrogen-bond acceptors (Lipinski definition) is 4. The molecule has 18 heavy (non-hydrogen) atoms. The standard InChI is InChI=1S/C11H11BrF2O3S/c1-5(15)18-4-8(16)11(17)9-7(13)3-2-6(12)10(9)14/h2-3,8,11,16-17H,4H2,1H3. The van der Waals surface area contributed by atoms with Crippen molar-refractivity contribution in [3.63, 3.8) is 0 Å². The van der Waals surface area contributed by atoms with Crippen LogP contribution in [0.2, 0.25) is 0 Å². The first-order valence-electron chi connectivity index (χ1n) is 4.97. The number of hydrogen-bond donors (Lipinski definition) is 2. The number of carbonyl (C=O) groups excluding carboxylic acids is 1. The van der Waals surface area contributed by atoms with Crippen LogP contribution in [0, 0.1) is 11.6 Å². The molecule has 0 aromatic heterocycles. The lowest BCUT2D eigenvalue weighted by atomic mass is 10.0. The highest BCUT2D eigenvalue weighted by Crippen LogP contribution is 2.29. The number of carbonyl (C=O) groups is 1. The first-order valence-corrected chi connectivity index (χ1v) is 6.75. The molecule has 100 valence electrons. The van der Waals surface area contributed by atoms with Crippen LogP contribution in [-0.2, 0) is 4.79 Å². The summed E-state index contributed by atoms with van der Waals surface area (Å²) in [7, 11) is 0. The summed E-state index contributed by atoms with van der Waals surface area (Å²) in [6.45, 7) is 1.30. The summed E-state index contributed by atoms with van der Waals surface area (Å²) in [6, 6.07) is 2.15. The Bertz CT molecular complexity index is 456. The van der Waals surface area contributed by atoms with Gasteiger partial charge in [-0.25, -0.2) is 8.78 Å². The van der Waals surface area contributed by atoms with E-state index in [9.17, 15) is 23.8 Å². The van der Waals surface area contributed by atoms with E-state index in [1.165, 1.54) is 6.92 Å². The van der Waals surface area contributed by atoms with E-state index in [-0.39, 0.29) is 15.3 Å². The van der Waals surface area contributed by atoms with Gasteiger partial charge in [-0.2, -0.15) is 0 Å². The van der Waals surface area contributed by atoms with Crippen molar-refractivity contribution in [2.24, 2.45) is 0 Å². The first kappa shape index (κ1) is 15.6. The molecule has 0 aliphatic carbocycles. The van der Waals surface area contributed by atoms with Gasteiger partial charge in [-0.1, -0.05) is 11.8 Å². The largest absolute Gasteiger partial charge is 0.389 e. The molecule has 0 bridgehead atoms. The molecule has 0 saturated heterocycles. The molecule has 0 fully saturated rings. The topological polar surface area (TPSA) is 57.5 Å². The Hall–Kier alpha value is -0.500. The van der Waals surface area contributed by atoms with E-state index in [0.717, 1.165) is 23.9 Å². The van der Waals surface area contributed by atoms with Crippen LogP contribution in [-0.4, -0.2) is 27.2 Å². The normalized spacial score (nSPS) is 14.3. The van der Waals surface area contributed by atoms with E-state index >= 15 is 0 Å². The monoisotopic (exact) mass is 340 g/mol. The van der Waals surface area contributed by atoms with Gasteiger partial charge in [0.25, 0.3) is 0 Å². The highest BCUT2D eigenvalue weighted by molar-refractivity contribution is 9.10. The second-order valence-electron chi connectivity index (χ2n) is 3.57. The number of benzene rings is 1. The van der Waals surface area contributed by atoms with Crippen molar-refractivity contribution in [2.45, 2.75) is 19.1 Å². The molecule has 2 atom stereocenters. The highest BCUT2D eigenvalue weighted by Gasteiger charge is 2.26. The minimum atomic E-state index is -1.73. The average Bonchev–Trinajstić information content (AvgIpc) is 2.31. The van der Waals surface area contributed by atoms with Crippen LogP contribution in [0.4, 0.5) is 8.78 Å². The minimum absolute atomic E-state index is 0.00984. The van der Waals surface area contributed by atoms with Gasteiger partial charge >= 0.3 is 0 Å². The summed E-state index contributed by atoms with van der Waals surface area (Å²) in [5.74, 6) is -2.05. The summed E-state index contributed by atoms with van der Waals surface area (Å²) < 4.78 is 27.1. The van der Waals surface area contributed by atoms with Crippen LogP contribution < -0.4 is 0 Å². The molecule has 7 heteroatoms. The Labute approximate surface area is 115 Å². The molecule has 0 amide bonds. The predicted octanol–water partition coefficient (Wildman–Crippen LogP) is 2.40. The third kappa shape index (κ3) is 3.74. The van der Waals surface area contributed by atoms with Crippen LogP contribution in [0.25, 0.3) is 0 Å². The summed E-state index contributed by atoms with van der Waals surface area (Å²) in [4.78, 5) is 10.7. The Kier molecular flexibility index (Phi) is 5.71. The van der Waals surface area contributed by atoms with Crippen LogP contribution >= 0.6 is 27.7 Å². The number of rotatable bonds is 4. The quantitative estimate of drug-likeness (QED) is 0.826. The second kappa shape index (κ2) is 6.60. The van der Waals surface area contributed by atoms with Gasteiger partial charge in [0.2, 0.25) is 0 Å². The molecule has 0 saturated carbocycles. The fourth-order valence-corrected chi connectivity index (χ4v) is 2.23. The van der Waals surface area contributed by atoms with Gasteiger partial charge in [0.05, 0.1) is 16.1 Å². The van der Waals surface area contributed by atoms with Gasteiger partial charge in [-0.15, -0.1) is 0 Å². The molecule has 1 aromatic carbocycles. The lowest BCUT2D eigenvalue weighted by molar-refractivity contribution is -0.109. The molecular formula is C11H11BrF2O3S. The molecule has 0 aliphatic heterocycles. The second-order valence-corrected chi connectivity index (χ2v) is 5.62. The zero-order chi connectivity index (χ0) is 13.9. The maximum absolute atomic E-state index is 13.6. The zero-order valence-electron chi connectivity index (χ0n) is 9.36. The van der Waals surface area contributed by atoms with Crippen molar-refractivity contribution < 1.29 is 23.8 Å². The van der Waals surface area contributed by atoms with Gasteiger partial charge in [-0.3, -0.25) is 4.79 Å². The number of aliphatic hydroxyl groups is 2. The van der Waals surface area contributed by atoms with Crippen LogP contribution in [0.3, 0.4) is 0 Å². The molecule has 0 radical (unpaired) electrons. The van der Waals surface area contributed by atoms with Crippen molar-refractivity contribution in [3.05, 3.63) is 33.8 Å². The van der Waals surface area contributed by atoms with Crippen molar-refractivity contribution in [3.8, 4) is 0 Å². The summed E-state index contributed by atoms with van der Waals surface area (Å²) >= 11 is 3.64. The van der Waals surface area contributed by atoms with E-state index in [1.807, 2.05) is 0 Å². The molecule has 2 N–H and O–H groups in total. The van der Waals surface area contributed by atoms with Crippen molar-refractivity contribution in [1.29, 1.82) is 0 Å². The van der Waals surface area contributed by atoms with Crippen LogP contribution in [0.1, 0.15) is 18.6 Å². The van der Waals surface area contributed by atoms with Crippen LogP contribution in [0.5, 0.6) is 0 Å². The average molecular weight is 341 g/mol. The van der Waals surface area contributed by atoms with E-state index in [4.69, 9.17) is 0 Å². The lowest BCUT2D eigenvalue weighted by Gasteiger charge is -2.18. The third-order valence-corrected chi connectivity index (χ3v) is 3.72. The zero-order valence-corrected chi connectivity index (χ0v) is 11.8. The van der Waals surface area contributed by atoms with E-state index < -0.39 is 29.4 Å². The molecule has 0 aliphatic rings. The summed E-state index contributed by atoms with van der Waals surface area (Å²) in [5, 5.41) is 19.0. The predicted molar refractivity (Wildman–Crippen MR) is 68.2 cm³/mol. The summed E-state index contributed by atoms with van der Waals surface area (Å²) in [5.41, 5.74) is -0.610. The van der Waals surface area contributed by atoms with Gasteiger partial charge in [-0.05, 0) is 28.1 Å². The maximum Gasteiger partial charge on any atom is 0.185 e. The molecular weight excluding hydrogens is 330 g/mol. The third-order valence-electron chi connectivity index (χ3n) is 2.20. The molecule has 3 nitrogen and oxygen atoms in total. The minimum Gasteiger partial charge on any atom is -0.389 e. The fourth-order valence-electron chi connectivity index (χ4n) is 1.30. The van der Waals surface area contributed by atoms with E-state index in [0.29, 0.717) is 0 Å². The van der Waals surface area contributed by atoms with Gasteiger partial charge in [0.15, 0.2) is 5.12 Å². The Morgan fingerprint density at radius 2 is 2.06 bits per heavy atom. The smallest absolute Gasteiger partial charge is 0.185 e. The lowest BCUT2D eigenvalue weighted by Crippen LogP contribution is -2.23. The molecule has 1 rings (SSSR count). The first-order chi connectivity index (χ1) is 8.34. The number of halogens is 3. The fraction of sp³-hybridized carbons (Fsp3) is 0.364. The van der Waals surface area contributed by atoms with Gasteiger partial charge in [0, 0.05) is 12.7 Å². The molecule has 0 heterocycles. The molecule has 2 unspecified atom stereocenters. The van der Waals surface area contributed by atoms with Crippen molar-refractivity contribution in [2.75, 3.05) is 5.75 Å². The van der Waals surface area contributed by atoms with E-state index in [1.54, 1.807) is 0 Å². The van der Waals surface area contributed by atoms with Crippen molar-refractivity contribution >= 4 is 32.8 Å².